The minimum atomic E-state index is -0.0383. The molecule has 2 aliphatic carbocycles. The van der Waals surface area contributed by atoms with Gasteiger partial charge < -0.3 is 0 Å². The first kappa shape index (κ1) is 21.6. The normalized spacial score (nSPS) is 19.6. The first-order chi connectivity index (χ1) is 13.2. The number of nitrogens with one attached hydrogen (secondary N) is 2. The summed E-state index contributed by atoms with van der Waals surface area (Å²) in [5.74, 6) is 0.976. The molecule has 0 heterocycles. The number of hydrogen-bond acceptors (Lipinski definition) is 4. The Labute approximate surface area is 163 Å². The molecular weight excluding hydrogens is 340 g/mol. The fourth-order valence-electron chi connectivity index (χ4n) is 3.86. The van der Waals surface area contributed by atoms with Crippen LogP contribution >= 0.6 is 0 Å². The molecule has 2 saturated carbocycles. The molecule has 0 saturated heterocycles. The number of hydrazone groups is 2. The molecule has 0 radical (unpaired) electrons. The molecule has 6 heteroatoms. The van der Waals surface area contributed by atoms with Crippen molar-refractivity contribution in [3.8, 4) is 0 Å². The summed E-state index contributed by atoms with van der Waals surface area (Å²) in [4.78, 5) is 23.5. The number of unbranched alkanes of at least 4 members (excludes halogenated alkanes) is 2. The molecule has 2 aliphatic rings. The van der Waals surface area contributed by atoms with Crippen LogP contribution in [0.5, 0.6) is 0 Å². The van der Waals surface area contributed by atoms with Gasteiger partial charge in [-0.1, -0.05) is 44.9 Å². The van der Waals surface area contributed by atoms with E-state index in [2.05, 4.69) is 21.1 Å². The van der Waals surface area contributed by atoms with Crippen molar-refractivity contribution in [3.05, 3.63) is 0 Å². The average molecular weight is 377 g/mol. The van der Waals surface area contributed by atoms with Crippen molar-refractivity contribution in [2.45, 2.75) is 96.3 Å². The molecule has 0 atom stereocenters. The van der Waals surface area contributed by atoms with Gasteiger partial charge in [0.15, 0.2) is 0 Å². The lowest BCUT2D eigenvalue weighted by atomic mass is 9.90. The maximum atomic E-state index is 11.8. The number of hydrogen-bond donors (Lipinski definition) is 2. The van der Waals surface area contributed by atoms with E-state index in [1.54, 1.807) is 0 Å². The van der Waals surface area contributed by atoms with Crippen LogP contribution in [0.15, 0.2) is 10.2 Å². The molecule has 27 heavy (non-hydrogen) atoms. The van der Waals surface area contributed by atoms with E-state index in [0.29, 0.717) is 24.7 Å². The predicted molar refractivity (Wildman–Crippen MR) is 110 cm³/mol. The summed E-state index contributed by atoms with van der Waals surface area (Å²) in [5, 5.41) is 8.18. The lowest BCUT2D eigenvalue weighted by molar-refractivity contribution is -0.121. The molecule has 0 aliphatic heterocycles. The van der Waals surface area contributed by atoms with Crippen molar-refractivity contribution in [3.63, 3.8) is 0 Å². The van der Waals surface area contributed by atoms with E-state index in [1.165, 1.54) is 64.2 Å². The van der Waals surface area contributed by atoms with Gasteiger partial charge in [-0.3, -0.25) is 9.59 Å². The highest BCUT2D eigenvalue weighted by molar-refractivity contribution is 5.77. The van der Waals surface area contributed by atoms with Crippen LogP contribution in [0.4, 0.5) is 0 Å². The molecule has 0 aromatic heterocycles. The smallest absolute Gasteiger partial charge is 0.240 e. The lowest BCUT2D eigenvalue weighted by Crippen LogP contribution is -2.19. The van der Waals surface area contributed by atoms with Crippen LogP contribution in [0, 0.1) is 11.8 Å². The summed E-state index contributed by atoms with van der Waals surface area (Å²) in [7, 11) is 0. The van der Waals surface area contributed by atoms with Crippen LogP contribution in [0.2, 0.25) is 0 Å². The molecule has 152 valence electrons. The van der Waals surface area contributed by atoms with Gasteiger partial charge in [0, 0.05) is 25.3 Å². The van der Waals surface area contributed by atoms with Crippen molar-refractivity contribution >= 4 is 24.2 Å². The summed E-state index contributed by atoms with van der Waals surface area (Å²) in [6.45, 7) is 0. The van der Waals surface area contributed by atoms with E-state index in [0.717, 1.165) is 19.3 Å². The van der Waals surface area contributed by atoms with Crippen molar-refractivity contribution < 1.29 is 9.59 Å². The summed E-state index contributed by atoms with van der Waals surface area (Å²) >= 11 is 0. The second kappa shape index (κ2) is 13.4. The maximum absolute atomic E-state index is 11.8. The van der Waals surface area contributed by atoms with Gasteiger partial charge in [-0.25, -0.2) is 10.9 Å². The number of rotatable bonds is 10. The van der Waals surface area contributed by atoms with Crippen LogP contribution in [0.3, 0.4) is 0 Å². The SMILES string of the molecule is O=C(CCCCCC(=O)N/N=C/C1CCCCC1)N/N=C/C1CCCCC1. The number of nitrogens with zero attached hydrogens (tertiary/aromatic N) is 2. The van der Waals surface area contributed by atoms with E-state index >= 15 is 0 Å². The lowest BCUT2D eigenvalue weighted by Gasteiger charge is -2.16. The van der Waals surface area contributed by atoms with E-state index < -0.39 is 0 Å². The van der Waals surface area contributed by atoms with Gasteiger partial charge >= 0.3 is 0 Å². The maximum Gasteiger partial charge on any atom is 0.240 e. The van der Waals surface area contributed by atoms with Gasteiger partial charge in [0.1, 0.15) is 0 Å². The molecule has 0 unspecified atom stereocenters. The van der Waals surface area contributed by atoms with E-state index in [1.807, 2.05) is 12.4 Å². The monoisotopic (exact) mass is 376 g/mol. The zero-order valence-corrected chi connectivity index (χ0v) is 16.6. The Morgan fingerprint density at radius 2 is 1.07 bits per heavy atom. The Morgan fingerprint density at radius 3 is 1.48 bits per heavy atom. The highest BCUT2D eigenvalue weighted by atomic mass is 16.2. The molecule has 2 N–H and O–H groups in total. The minimum Gasteiger partial charge on any atom is -0.273 e. The third kappa shape index (κ3) is 10.3. The van der Waals surface area contributed by atoms with E-state index in [-0.39, 0.29) is 11.8 Å². The van der Waals surface area contributed by atoms with Gasteiger partial charge in [-0.15, -0.1) is 0 Å². The molecule has 2 fully saturated rings. The second-order valence-electron chi connectivity index (χ2n) is 7.98. The molecule has 0 bridgehead atoms. The van der Waals surface area contributed by atoms with Crippen molar-refractivity contribution in [1.29, 1.82) is 0 Å². The Hall–Kier alpha value is -1.72. The first-order valence-corrected chi connectivity index (χ1v) is 10.9. The summed E-state index contributed by atoms with van der Waals surface area (Å²) < 4.78 is 0. The predicted octanol–water partition coefficient (Wildman–Crippen LogP) is 4.30. The number of amides is 2. The topological polar surface area (TPSA) is 82.9 Å². The number of carbonyl (C=O) groups excluding carboxylic acids is 2. The van der Waals surface area contributed by atoms with Gasteiger partial charge in [0.2, 0.25) is 11.8 Å². The quantitative estimate of drug-likeness (QED) is 0.338. The minimum absolute atomic E-state index is 0.0383. The molecule has 2 amide bonds. The van der Waals surface area contributed by atoms with Crippen molar-refractivity contribution in [1.82, 2.24) is 10.9 Å². The van der Waals surface area contributed by atoms with Crippen molar-refractivity contribution in [2.24, 2.45) is 22.0 Å². The summed E-state index contributed by atoms with van der Waals surface area (Å²) in [6, 6.07) is 0. The van der Waals surface area contributed by atoms with Crippen LogP contribution in [0.25, 0.3) is 0 Å². The fraction of sp³-hybridized carbons (Fsp3) is 0.810. The average Bonchev–Trinajstić information content (AvgIpc) is 2.69. The highest BCUT2D eigenvalue weighted by Gasteiger charge is 2.11. The van der Waals surface area contributed by atoms with Gasteiger partial charge in [-0.2, -0.15) is 10.2 Å². The molecule has 6 nitrogen and oxygen atoms in total. The highest BCUT2D eigenvalue weighted by Crippen LogP contribution is 2.22. The largest absolute Gasteiger partial charge is 0.273 e. The molecule has 0 spiro atoms. The van der Waals surface area contributed by atoms with Gasteiger partial charge in [0.25, 0.3) is 0 Å². The van der Waals surface area contributed by atoms with Crippen molar-refractivity contribution in [2.75, 3.05) is 0 Å². The molecule has 0 aromatic rings. The van der Waals surface area contributed by atoms with Gasteiger partial charge in [-0.05, 0) is 50.4 Å². The fourth-order valence-corrected chi connectivity index (χ4v) is 3.86. The molecule has 2 rings (SSSR count). The third-order valence-corrected chi connectivity index (χ3v) is 5.56. The van der Waals surface area contributed by atoms with Crippen LogP contribution < -0.4 is 10.9 Å². The standard InChI is InChI=1S/C21H36N4O2/c26-20(24-22-16-18-10-4-1-5-11-18)14-8-3-9-15-21(27)25-23-17-19-12-6-2-7-13-19/h16-19H,1-15H2,(H,24,26)(H,25,27)/b22-16+,23-17+. The molecular formula is C21H36N4O2. The zero-order chi connectivity index (χ0) is 19.2. The third-order valence-electron chi connectivity index (χ3n) is 5.56. The first-order valence-electron chi connectivity index (χ1n) is 10.9. The Bertz CT molecular complexity index is 448. The summed E-state index contributed by atoms with van der Waals surface area (Å²) in [5.41, 5.74) is 5.24. The Morgan fingerprint density at radius 1 is 0.667 bits per heavy atom. The van der Waals surface area contributed by atoms with Crippen LogP contribution in [-0.2, 0) is 9.59 Å². The van der Waals surface area contributed by atoms with Crippen LogP contribution in [-0.4, -0.2) is 24.2 Å². The van der Waals surface area contributed by atoms with E-state index in [9.17, 15) is 9.59 Å². The Balaban J connectivity index is 1.43. The summed E-state index contributed by atoms with van der Waals surface area (Å²) in [6.07, 6.45) is 19.6. The zero-order valence-electron chi connectivity index (χ0n) is 16.6. The van der Waals surface area contributed by atoms with Gasteiger partial charge in [0.05, 0.1) is 0 Å². The van der Waals surface area contributed by atoms with E-state index in [4.69, 9.17) is 0 Å². The van der Waals surface area contributed by atoms with Crippen LogP contribution in [0.1, 0.15) is 96.3 Å². The number of carbonyl (C=O) groups is 2. The Kier molecular flexibility index (Phi) is 10.7. The molecule has 0 aromatic carbocycles. The second-order valence-corrected chi connectivity index (χ2v) is 7.98.